The molecule has 0 saturated carbocycles. The van der Waals surface area contributed by atoms with Gasteiger partial charge in [0.25, 0.3) is 0 Å². The van der Waals surface area contributed by atoms with Gasteiger partial charge in [-0.25, -0.2) is 0 Å². The molecule has 0 aliphatic carbocycles. The van der Waals surface area contributed by atoms with Gasteiger partial charge in [0.1, 0.15) is 24.4 Å². The van der Waals surface area contributed by atoms with Gasteiger partial charge in [0.05, 0.1) is 6.61 Å². The summed E-state index contributed by atoms with van der Waals surface area (Å²) in [7, 11) is 0. The molecule has 0 aromatic carbocycles. The highest BCUT2D eigenvalue weighted by atomic mass is 16.6. The van der Waals surface area contributed by atoms with Crippen LogP contribution in [-0.4, -0.2) is 63.6 Å². The lowest BCUT2D eigenvalue weighted by molar-refractivity contribution is -0.253. The first-order valence-corrected chi connectivity index (χ1v) is 4.55. The summed E-state index contributed by atoms with van der Waals surface area (Å²) in [6.07, 6.45) is -5.24. The molecular formula is C8H15NO6. The molecule has 0 bridgehead atoms. The Morgan fingerprint density at radius 1 is 1.33 bits per heavy atom. The van der Waals surface area contributed by atoms with E-state index in [9.17, 15) is 20.1 Å². The second kappa shape index (κ2) is 4.86. The van der Waals surface area contributed by atoms with Gasteiger partial charge in [-0.05, 0) is 0 Å². The van der Waals surface area contributed by atoms with Gasteiger partial charge in [-0.2, -0.15) is 0 Å². The molecule has 0 aromatic heterocycles. The topological polar surface area (TPSA) is 119 Å². The van der Waals surface area contributed by atoms with E-state index in [0.717, 1.165) is 0 Å². The second-order valence-corrected chi connectivity index (χ2v) is 3.46. The fraction of sp³-hybridized carbons (Fsp3) is 0.875. The Labute approximate surface area is 86.3 Å². The zero-order valence-electron chi connectivity index (χ0n) is 8.20. The number of amides is 1. The van der Waals surface area contributed by atoms with Crippen molar-refractivity contribution in [2.24, 2.45) is 0 Å². The normalized spacial score (nSPS) is 41.3. The average molecular weight is 221 g/mol. The minimum atomic E-state index is -1.45. The SMILES string of the molecule is CC(=O)NC1C(O)C(O)[C@@H](CO)O[C@@H]1O. The van der Waals surface area contributed by atoms with Gasteiger partial charge in [0.15, 0.2) is 6.29 Å². The van der Waals surface area contributed by atoms with E-state index in [4.69, 9.17) is 9.84 Å². The van der Waals surface area contributed by atoms with E-state index in [1.54, 1.807) is 0 Å². The summed E-state index contributed by atoms with van der Waals surface area (Å²) in [5, 5.41) is 39.4. The number of hydrogen-bond donors (Lipinski definition) is 5. The number of ether oxygens (including phenoxy) is 1. The molecule has 0 aromatic rings. The molecule has 5 atom stereocenters. The fourth-order valence-corrected chi connectivity index (χ4v) is 1.49. The molecule has 5 N–H and O–H groups in total. The van der Waals surface area contributed by atoms with Crippen molar-refractivity contribution in [3.05, 3.63) is 0 Å². The molecule has 3 unspecified atom stereocenters. The van der Waals surface area contributed by atoms with Gasteiger partial charge in [0, 0.05) is 6.92 Å². The standard InChI is InChI=1S/C8H15NO6/c1-3(11)9-5-7(13)6(12)4(2-10)15-8(5)14/h4-8,10,12-14H,2H2,1H3,(H,9,11)/t4-,5?,6?,7?,8+/m1/s1. The van der Waals surface area contributed by atoms with Crippen LogP contribution in [0.4, 0.5) is 0 Å². The van der Waals surface area contributed by atoms with Crippen LogP contribution in [0.15, 0.2) is 0 Å². The van der Waals surface area contributed by atoms with E-state index in [1.807, 2.05) is 0 Å². The maximum atomic E-state index is 10.7. The van der Waals surface area contributed by atoms with Crippen molar-refractivity contribution in [1.29, 1.82) is 0 Å². The Morgan fingerprint density at radius 3 is 2.40 bits per heavy atom. The van der Waals surface area contributed by atoms with Crippen LogP contribution in [0.3, 0.4) is 0 Å². The van der Waals surface area contributed by atoms with E-state index in [2.05, 4.69) is 5.32 Å². The zero-order valence-corrected chi connectivity index (χ0v) is 8.20. The molecule has 7 heteroatoms. The third-order valence-electron chi connectivity index (χ3n) is 2.27. The minimum Gasteiger partial charge on any atom is -0.394 e. The van der Waals surface area contributed by atoms with Crippen LogP contribution in [0.25, 0.3) is 0 Å². The summed E-state index contributed by atoms with van der Waals surface area (Å²) < 4.78 is 4.81. The lowest BCUT2D eigenvalue weighted by Gasteiger charge is -2.40. The molecule has 1 amide bonds. The molecule has 88 valence electrons. The van der Waals surface area contributed by atoms with Crippen molar-refractivity contribution < 1.29 is 30.0 Å². The third-order valence-corrected chi connectivity index (χ3v) is 2.27. The maximum Gasteiger partial charge on any atom is 0.217 e. The van der Waals surface area contributed by atoms with Crippen molar-refractivity contribution in [3.63, 3.8) is 0 Å². The first kappa shape index (κ1) is 12.3. The van der Waals surface area contributed by atoms with E-state index < -0.39 is 43.2 Å². The van der Waals surface area contributed by atoms with E-state index >= 15 is 0 Å². The Kier molecular flexibility index (Phi) is 4.00. The van der Waals surface area contributed by atoms with Crippen molar-refractivity contribution in [2.45, 2.75) is 37.6 Å². The van der Waals surface area contributed by atoms with Gasteiger partial charge < -0.3 is 30.5 Å². The molecule has 15 heavy (non-hydrogen) atoms. The summed E-state index contributed by atoms with van der Waals surface area (Å²) in [6.45, 7) is 0.687. The smallest absolute Gasteiger partial charge is 0.217 e. The van der Waals surface area contributed by atoms with E-state index in [1.165, 1.54) is 6.92 Å². The quantitative estimate of drug-likeness (QED) is 0.337. The number of rotatable bonds is 2. The zero-order chi connectivity index (χ0) is 11.6. The Balaban J connectivity index is 2.70. The van der Waals surface area contributed by atoms with E-state index in [-0.39, 0.29) is 0 Å². The number of aliphatic hydroxyl groups is 4. The minimum absolute atomic E-state index is 0.462. The number of carbonyl (C=O) groups excluding carboxylic acids is 1. The molecule has 1 saturated heterocycles. The predicted molar refractivity (Wildman–Crippen MR) is 47.6 cm³/mol. The Bertz CT molecular complexity index is 235. The van der Waals surface area contributed by atoms with Crippen molar-refractivity contribution in [2.75, 3.05) is 6.61 Å². The molecule has 7 nitrogen and oxygen atoms in total. The molecule has 1 aliphatic rings. The van der Waals surface area contributed by atoms with Crippen LogP contribution in [0, 0.1) is 0 Å². The first-order valence-electron chi connectivity index (χ1n) is 4.55. The van der Waals surface area contributed by atoms with Crippen molar-refractivity contribution in [3.8, 4) is 0 Å². The van der Waals surface area contributed by atoms with Crippen LogP contribution in [0.2, 0.25) is 0 Å². The molecule has 0 radical (unpaired) electrons. The lowest BCUT2D eigenvalue weighted by Crippen LogP contribution is -2.63. The molecule has 1 heterocycles. The summed E-state index contributed by atoms with van der Waals surface area (Å²) in [4.78, 5) is 10.7. The van der Waals surface area contributed by atoms with Crippen LogP contribution in [-0.2, 0) is 9.53 Å². The third kappa shape index (κ3) is 2.64. The van der Waals surface area contributed by atoms with Crippen molar-refractivity contribution >= 4 is 5.91 Å². The van der Waals surface area contributed by atoms with E-state index in [0.29, 0.717) is 0 Å². The average Bonchev–Trinajstić information content (AvgIpc) is 2.18. The first-order chi connectivity index (χ1) is 6.97. The Hall–Kier alpha value is -0.730. The van der Waals surface area contributed by atoms with Crippen LogP contribution < -0.4 is 5.32 Å². The molecule has 1 aliphatic heterocycles. The van der Waals surface area contributed by atoms with Crippen LogP contribution in [0.5, 0.6) is 0 Å². The highest BCUT2D eigenvalue weighted by Crippen LogP contribution is 2.19. The lowest BCUT2D eigenvalue weighted by atomic mass is 9.97. The molecule has 1 rings (SSSR count). The van der Waals surface area contributed by atoms with Gasteiger partial charge in [-0.1, -0.05) is 0 Å². The summed E-state index contributed by atoms with van der Waals surface area (Å²) in [5.41, 5.74) is 0. The predicted octanol–water partition coefficient (Wildman–Crippen LogP) is -3.08. The molecule has 0 spiro atoms. The highest BCUT2D eigenvalue weighted by Gasteiger charge is 2.43. The summed E-state index contributed by atoms with van der Waals surface area (Å²) in [5.74, 6) is -0.462. The second-order valence-electron chi connectivity index (χ2n) is 3.46. The highest BCUT2D eigenvalue weighted by molar-refractivity contribution is 5.73. The van der Waals surface area contributed by atoms with Crippen LogP contribution >= 0.6 is 0 Å². The van der Waals surface area contributed by atoms with Crippen molar-refractivity contribution in [1.82, 2.24) is 5.32 Å². The van der Waals surface area contributed by atoms with Crippen LogP contribution in [0.1, 0.15) is 6.92 Å². The molecule has 1 fully saturated rings. The number of nitrogens with one attached hydrogen (secondary N) is 1. The van der Waals surface area contributed by atoms with Gasteiger partial charge in [-0.15, -0.1) is 0 Å². The summed E-state index contributed by atoms with van der Waals surface area (Å²) in [6, 6.07) is -1.10. The molecular weight excluding hydrogens is 206 g/mol. The largest absolute Gasteiger partial charge is 0.394 e. The van der Waals surface area contributed by atoms with Gasteiger partial charge in [-0.3, -0.25) is 4.79 Å². The maximum absolute atomic E-state index is 10.7. The summed E-state index contributed by atoms with van der Waals surface area (Å²) >= 11 is 0. The number of aliphatic hydroxyl groups excluding tert-OH is 4. The monoisotopic (exact) mass is 221 g/mol. The van der Waals surface area contributed by atoms with Gasteiger partial charge >= 0.3 is 0 Å². The number of carbonyl (C=O) groups is 1. The fourth-order valence-electron chi connectivity index (χ4n) is 1.49. The Morgan fingerprint density at radius 2 is 1.93 bits per heavy atom. The van der Waals surface area contributed by atoms with Gasteiger partial charge in [0.2, 0.25) is 5.91 Å². The number of hydrogen-bond acceptors (Lipinski definition) is 6.